The van der Waals surface area contributed by atoms with Crippen molar-refractivity contribution in [2.24, 2.45) is 11.1 Å². The molecule has 3 atom stereocenters. The Morgan fingerprint density at radius 2 is 2.08 bits per heavy atom. The van der Waals surface area contributed by atoms with E-state index in [2.05, 4.69) is 0 Å². The third-order valence-electron chi connectivity index (χ3n) is 6.03. The van der Waals surface area contributed by atoms with Crippen molar-refractivity contribution >= 4 is 28.2 Å². The van der Waals surface area contributed by atoms with Crippen molar-refractivity contribution < 1.29 is 8.78 Å². The molecule has 2 aliphatic carbocycles. The van der Waals surface area contributed by atoms with E-state index in [-0.39, 0.29) is 39.0 Å². The highest BCUT2D eigenvalue weighted by Crippen LogP contribution is 2.54. The molecule has 132 valence electrons. The maximum Gasteiger partial charge on any atom is 0.189 e. The molecule has 2 aromatic rings. The quantitative estimate of drug-likeness (QED) is 0.890. The number of rotatable bonds is 2. The largest absolute Gasteiger partial charge is 0.366 e. The SMILES string of the molecule is NC1CN(c2c(F)cc3c(=O)ccn(C4CC4F)c3c2Cl)CC12CC2. The fourth-order valence-electron chi connectivity index (χ4n) is 4.21. The van der Waals surface area contributed by atoms with Gasteiger partial charge in [0.05, 0.1) is 27.7 Å². The number of benzene rings is 1. The summed E-state index contributed by atoms with van der Waals surface area (Å²) in [6, 6.07) is 2.23. The first-order valence-corrected chi connectivity index (χ1v) is 8.96. The molecule has 3 aliphatic rings. The van der Waals surface area contributed by atoms with Crippen molar-refractivity contribution in [3.05, 3.63) is 39.4 Å². The third-order valence-corrected chi connectivity index (χ3v) is 6.39. The van der Waals surface area contributed by atoms with E-state index in [4.69, 9.17) is 17.3 Å². The Kier molecular flexibility index (Phi) is 3.08. The first kappa shape index (κ1) is 15.6. The highest BCUT2D eigenvalue weighted by atomic mass is 35.5. The number of hydrogen-bond donors (Lipinski definition) is 1. The average Bonchev–Trinajstić information content (AvgIpc) is 3.44. The minimum Gasteiger partial charge on any atom is -0.366 e. The molecule has 3 unspecified atom stereocenters. The van der Waals surface area contributed by atoms with Crippen molar-refractivity contribution in [2.45, 2.75) is 37.5 Å². The summed E-state index contributed by atoms with van der Waals surface area (Å²) in [5.74, 6) is -0.523. The predicted molar refractivity (Wildman–Crippen MR) is 93.6 cm³/mol. The van der Waals surface area contributed by atoms with Gasteiger partial charge in [-0.15, -0.1) is 0 Å². The molecule has 1 spiro atoms. The van der Waals surface area contributed by atoms with Crippen LogP contribution in [0.15, 0.2) is 23.1 Å². The molecule has 0 radical (unpaired) electrons. The highest BCUT2D eigenvalue weighted by molar-refractivity contribution is 6.38. The summed E-state index contributed by atoms with van der Waals surface area (Å²) in [5.41, 5.74) is 6.69. The maximum absolute atomic E-state index is 14.8. The van der Waals surface area contributed by atoms with Crippen molar-refractivity contribution in [2.75, 3.05) is 18.0 Å². The Hall–Kier alpha value is -1.66. The second-order valence-corrected chi connectivity index (χ2v) is 8.05. The van der Waals surface area contributed by atoms with Crippen LogP contribution >= 0.6 is 11.6 Å². The van der Waals surface area contributed by atoms with Gasteiger partial charge in [-0.1, -0.05) is 11.6 Å². The van der Waals surface area contributed by atoms with E-state index >= 15 is 0 Å². The average molecular weight is 366 g/mol. The zero-order valence-electron chi connectivity index (χ0n) is 13.5. The van der Waals surface area contributed by atoms with Crippen LogP contribution in [0, 0.1) is 11.2 Å². The minimum atomic E-state index is -0.954. The highest BCUT2D eigenvalue weighted by Gasteiger charge is 2.54. The number of nitrogens with zero attached hydrogens (tertiary/aromatic N) is 2. The first-order valence-electron chi connectivity index (χ1n) is 8.59. The summed E-state index contributed by atoms with van der Waals surface area (Å²) in [4.78, 5) is 14.1. The lowest BCUT2D eigenvalue weighted by atomic mass is 10.0. The van der Waals surface area contributed by atoms with E-state index in [0.29, 0.717) is 25.0 Å². The number of pyridine rings is 1. The van der Waals surface area contributed by atoms with Crippen LogP contribution in [-0.4, -0.2) is 29.9 Å². The summed E-state index contributed by atoms with van der Waals surface area (Å²) in [7, 11) is 0. The van der Waals surface area contributed by atoms with Crippen molar-refractivity contribution in [3.8, 4) is 0 Å². The van der Waals surface area contributed by atoms with Crippen LogP contribution in [0.3, 0.4) is 0 Å². The second-order valence-electron chi connectivity index (χ2n) is 7.67. The lowest BCUT2D eigenvalue weighted by molar-refractivity contribution is 0.444. The van der Waals surface area contributed by atoms with Gasteiger partial charge >= 0.3 is 0 Å². The first-order chi connectivity index (χ1) is 11.9. The molecule has 7 heteroatoms. The van der Waals surface area contributed by atoms with Crippen molar-refractivity contribution in [3.63, 3.8) is 0 Å². The fourth-order valence-corrected chi connectivity index (χ4v) is 4.62. The normalized spacial score (nSPS) is 29.6. The van der Waals surface area contributed by atoms with Crippen molar-refractivity contribution in [1.29, 1.82) is 0 Å². The molecule has 5 rings (SSSR count). The van der Waals surface area contributed by atoms with E-state index < -0.39 is 12.0 Å². The maximum atomic E-state index is 14.8. The van der Waals surface area contributed by atoms with Gasteiger partial charge in [0.1, 0.15) is 12.0 Å². The number of aromatic nitrogens is 1. The van der Waals surface area contributed by atoms with Crippen LogP contribution < -0.4 is 16.1 Å². The molecule has 1 saturated heterocycles. The van der Waals surface area contributed by atoms with Gasteiger partial charge in [-0.25, -0.2) is 8.78 Å². The molecule has 4 nitrogen and oxygen atoms in total. The molecule has 3 fully saturated rings. The number of nitrogens with two attached hydrogens (primary N) is 1. The Morgan fingerprint density at radius 3 is 2.68 bits per heavy atom. The van der Waals surface area contributed by atoms with Gasteiger partial charge in [0.15, 0.2) is 5.43 Å². The van der Waals surface area contributed by atoms with Gasteiger partial charge in [0.2, 0.25) is 0 Å². The summed E-state index contributed by atoms with van der Waals surface area (Å²) in [5, 5.41) is 0.370. The monoisotopic (exact) mass is 365 g/mol. The zero-order valence-corrected chi connectivity index (χ0v) is 14.3. The molecule has 0 bridgehead atoms. The van der Waals surface area contributed by atoms with Crippen LogP contribution in [0.2, 0.25) is 5.02 Å². The Bertz CT molecular complexity index is 955. The third kappa shape index (κ3) is 2.16. The molecule has 1 aromatic carbocycles. The summed E-state index contributed by atoms with van der Waals surface area (Å²) in [6.45, 7) is 1.21. The Balaban J connectivity index is 1.71. The lowest BCUT2D eigenvalue weighted by Gasteiger charge is -2.23. The van der Waals surface area contributed by atoms with E-state index in [1.807, 2.05) is 4.90 Å². The second kappa shape index (κ2) is 4.95. The topological polar surface area (TPSA) is 51.3 Å². The molecule has 2 saturated carbocycles. The smallest absolute Gasteiger partial charge is 0.189 e. The summed E-state index contributed by atoms with van der Waals surface area (Å²) >= 11 is 6.58. The molecule has 0 amide bonds. The molecule has 2 heterocycles. The number of fused-ring (bicyclic) bond motifs is 1. The van der Waals surface area contributed by atoms with E-state index in [1.165, 1.54) is 12.1 Å². The molecule has 1 aliphatic heterocycles. The number of alkyl halides is 1. The Morgan fingerprint density at radius 1 is 1.36 bits per heavy atom. The summed E-state index contributed by atoms with van der Waals surface area (Å²) in [6.07, 6.45) is 3.09. The molecular weight excluding hydrogens is 348 g/mol. The van der Waals surface area contributed by atoms with Gasteiger partial charge in [0, 0.05) is 43.2 Å². The van der Waals surface area contributed by atoms with Crippen molar-refractivity contribution in [1.82, 2.24) is 4.57 Å². The standard InChI is InChI=1S/C18H18ClF2N3O/c19-15-16-9(13(25)1-4-24(16)12-6-10(12)20)5-11(21)17(15)23-7-14(22)18(8-23)2-3-18/h1,4-5,10,12,14H,2-3,6-8,22H2. The molecule has 25 heavy (non-hydrogen) atoms. The number of anilines is 1. The molecule has 2 N–H and O–H groups in total. The van der Waals surface area contributed by atoms with Gasteiger partial charge in [0.25, 0.3) is 0 Å². The van der Waals surface area contributed by atoms with E-state index in [9.17, 15) is 13.6 Å². The van der Waals surface area contributed by atoms with E-state index in [0.717, 1.165) is 12.8 Å². The van der Waals surface area contributed by atoms with Gasteiger partial charge < -0.3 is 15.2 Å². The van der Waals surface area contributed by atoms with Crippen LogP contribution in [0.4, 0.5) is 14.5 Å². The number of hydrogen-bond acceptors (Lipinski definition) is 3. The fraction of sp³-hybridized carbons (Fsp3) is 0.500. The Labute approximate surface area is 148 Å². The van der Waals surface area contributed by atoms with Gasteiger partial charge in [-0.2, -0.15) is 0 Å². The minimum absolute atomic E-state index is 0.00437. The zero-order chi connectivity index (χ0) is 17.5. The van der Waals surface area contributed by atoms with Gasteiger partial charge in [-0.3, -0.25) is 4.79 Å². The van der Waals surface area contributed by atoms with Crippen LogP contribution in [-0.2, 0) is 0 Å². The summed E-state index contributed by atoms with van der Waals surface area (Å²) < 4.78 is 30.1. The van der Waals surface area contributed by atoms with Crippen LogP contribution in [0.1, 0.15) is 25.3 Å². The van der Waals surface area contributed by atoms with Crippen LogP contribution in [0.5, 0.6) is 0 Å². The molecule has 1 aromatic heterocycles. The molecular formula is C18H18ClF2N3O. The number of halogens is 3. The van der Waals surface area contributed by atoms with Gasteiger partial charge in [-0.05, 0) is 18.9 Å². The van der Waals surface area contributed by atoms with E-state index in [1.54, 1.807) is 10.8 Å². The van der Waals surface area contributed by atoms with Crippen LogP contribution in [0.25, 0.3) is 10.9 Å². The lowest BCUT2D eigenvalue weighted by Crippen LogP contribution is -2.30. The predicted octanol–water partition coefficient (Wildman–Crippen LogP) is 3.00.